The number of hydrogen-bond acceptors (Lipinski definition) is 2. The summed E-state index contributed by atoms with van der Waals surface area (Å²) < 4.78 is 17.8. The molecule has 2 nitrogen and oxygen atoms in total. The van der Waals surface area contributed by atoms with Crippen molar-refractivity contribution in [1.82, 2.24) is 0 Å². The fourth-order valence-electron chi connectivity index (χ4n) is 1.21. The van der Waals surface area contributed by atoms with Crippen molar-refractivity contribution < 1.29 is 9.13 Å². The largest absolute Gasteiger partial charge is 0.491 e. The molecule has 0 radical (unpaired) electrons. The van der Waals surface area contributed by atoms with Crippen LogP contribution in [0.5, 0.6) is 5.75 Å². The maximum atomic E-state index is 12.6. The van der Waals surface area contributed by atoms with Crippen molar-refractivity contribution in [3.8, 4) is 5.75 Å². The zero-order chi connectivity index (χ0) is 7.84. The number of ether oxygens (including phenoxy) is 1. The van der Waals surface area contributed by atoms with Crippen LogP contribution in [0.3, 0.4) is 0 Å². The first-order chi connectivity index (χ1) is 5.27. The molecule has 3 heteroatoms. The highest BCUT2D eigenvalue weighted by Crippen LogP contribution is 2.30. The normalized spacial score (nSPS) is 21.1. The van der Waals surface area contributed by atoms with Crippen LogP contribution in [0.4, 0.5) is 4.39 Å². The van der Waals surface area contributed by atoms with E-state index < -0.39 is 0 Å². The monoisotopic (exact) mass is 153 g/mol. The van der Waals surface area contributed by atoms with E-state index in [0.29, 0.717) is 12.4 Å². The molecule has 0 spiro atoms. The lowest BCUT2D eigenvalue weighted by atomic mass is 10.1. The first-order valence-electron chi connectivity index (χ1n) is 3.45. The summed E-state index contributed by atoms with van der Waals surface area (Å²) in [6.07, 6.45) is 0. The van der Waals surface area contributed by atoms with Crippen LogP contribution in [-0.2, 0) is 0 Å². The molecule has 1 aromatic carbocycles. The molecule has 0 saturated carbocycles. The van der Waals surface area contributed by atoms with E-state index in [1.54, 1.807) is 6.07 Å². The molecule has 11 heavy (non-hydrogen) atoms. The van der Waals surface area contributed by atoms with Crippen molar-refractivity contribution in [2.45, 2.75) is 6.04 Å². The molecule has 0 unspecified atom stereocenters. The number of hydrogen-bond donors (Lipinski definition) is 1. The second-order valence-electron chi connectivity index (χ2n) is 2.60. The van der Waals surface area contributed by atoms with Crippen LogP contribution in [0, 0.1) is 5.82 Å². The minimum Gasteiger partial charge on any atom is -0.491 e. The van der Waals surface area contributed by atoms with E-state index in [9.17, 15) is 4.39 Å². The van der Waals surface area contributed by atoms with E-state index >= 15 is 0 Å². The van der Waals surface area contributed by atoms with Gasteiger partial charge in [0.2, 0.25) is 0 Å². The van der Waals surface area contributed by atoms with Crippen LogP contribution in [0.15, 0.2) is 18.2 Å². The van der Waals surface area contributed by atoms with Gasteiger partial charge < -0.3 is 10.5 Å². The predicted molar refractivity (Wildman–Crippen MR) is 38.8 cm³/mol. The molecule has 0 aliphatic carbocycles. The highest BCUT2D eigenvalue weighted by atomic mass is 19.1. The lowest BCUT2D eigenvalue weighted by molar-refractivity contribution is 0.333. The Morgan fingerprint density at radius 1 is 1.55 bits per heavy atom. The first kappa shape index (κ1) is 6.61. The highest BCUT2D eigenvalue weighted by Gasteiger charge is 2.20. The van der Waals surface area contributed by atoms with Gasteiger partial charge in [-0.05, 0) is 18.2 Å². The molecule has 0 saturated heterocycles. The van der Waals surface area contributed by atoms with E-state index in [2.05, 4.69) is 0 Å². The van der Waals surface area contributed by atoms with Crippen molar-refractivity contribution in [2.24, 2.45) is 5.73 Å². The maximum absolute atomic E-state index is 12.6. The molecular weight excluding hydrogens is 145 g/mol. The minimum atomic E-state index is -0.260. The molecule has 0 aromatic heterocycles. The standard InChI is InChI=1S/C8H8FNO/c9-5-1-2-8-6(3-5)7(10)4-11-8/h1-3,7H,4,10H2/t7-/m0/s1. The van der Waals surface area contributed by atoms with Gasteiger partial charge in [0.15, 0.2) is 0 Å². The van der Waals surface area contributed by atoms with Gasteiger partial charge in [-0.15, -0.1) is 0 Å². The van der Waals surface area contributed by atoms with E-state index in [1.165, 1.54) is 12.1 Å². The Labute approximate surface area is 63.8 Å². The molecule has 0 bridgehead atoms. The van der Waals surface area contributed by atoms with Crippen molar-refractivity contribution in [3.05, 3.63) is 29.6 Å². The molecule has 2 N–H and O–H groups in total. The summed E-state index contributed by atoms with van der Waals surface area (Å²) in [6, 6.07) is 4.24. The van der Waals surface area contributed by atoms with Crippen LogP contribution < -0.4 is 10.5 Å². The fraction of sp³-hybridized carbons (Fsp3) is 0.250. The second kappa shape index (κ2) is 2.20. The smallest absolute Gasteiger partial charge is 0.124 e. The van der Waals surface area contributed by atoms with E-state index in [0.717, 1.165) is 5.56 Å². The Balaban J connectivity index is 2.52. The summed E-state index contributed by atoms with van der Waals surface area (Å²) in [5.41, 5.74) is 6.39. The molecular formula is C8H8FNO. The second-order valence-corrected chi connectivity index (χ2v) is 2.60. The minimum absolute atomic E-state index is 0.166. The Morgan fingerprint density at radius 3 is 3.18 bits per heavy atom. The molecule has 0 amide bonds. The van der Waals surface area contributed by atoms with Gasteiger partial charge in [-0.25, -0.2) is 4.39 Å². The summed E-state index contributed by atoms with van der Waals surface area (Å²) in [4.78, 5) is 0. The number of fused-ring (bicyclic) bond motifs is 1. The Morgan fingerprint density at radius 2 is 2.36 bits per heavy atom. The van der Waals surface area contributed by atoms with Crippen molar-refractivity contribution in [3.63, 3.8) is 0 Å². The van der Waals surface area contributed by atoms with Crippen LogP contribution in [0.1, 0.15) is 11.6 Å². The molecule has 1 aliphatic heterocycles. The van der Waals surface area contributed by atoms with Crippen LogP contribution in [0.2, 0.25) is 0 Å². The Hall–Kier alpha value is -1.09. The van der Waals surface area contributed by atoms with Gasteiger partial charge in [-0.1, -0.05) is 0 Å². The van der Waals surface area contributed by atoms with Gasteiger partial charge in [0.1, 0.15) is 18.2 Å². The fourth-order valence-corrected chi connectivity index (χ4v) is 1.21. The molecule has 1 atom stereocenters. The van der Waals surface area contributed by atoms with E-state index in [-0.39, 0.29) is 11.9 Å². The summed E-state index contributed by atoms with van der Waals surface area (Å²) in [6.45, 7) is 0.457. The average molecular weight is 153 g/mol. The van der Waals surface area contributed by atoms with Crippen molar-refractivity contribution in [2.75, 3.05) is 6.61 Å². The molecule has 0 fully saturated rings. The number of benzene rings is 1. The summed E-state index contributed by atoms with van der Waals surface area (Å²) >= 11 is 0. The van der Waals surface area contributed by atoms with Crippen LogP contribution >= 0.6 is 0 Å². The predicted octanol–water partition coefficient (Wildman–Crippen LogP) is 1.22. The number of rotatable bonds is 0. The number of halogens is 1. The van der Waals surface area contributed by atoms with Gasteiger partial charge >= 0.3 is 0 Å². The lowest BCUT2D eigenvalue weighted by Gasteiger charge is -1.98. The number of nitrogens with two attached hydrogens (primary N) is 1. The summed E-state index contributed by atoms with van der Waals surface area (Å²) in [5, 5.41) is 0. The lowest BCUT2D eigenvalue weighted by Crippen LogP contribution is -2.10. The molecule has 1 heterocycles. The molecule has 1 aliphatic rings. The molecule has 2 rings (SSSR count). The molecule has 1 aromatic rings. The average Bonchev–Trinajstić information content (AvgIpc) is 2.33. The van der Waals surface area contributed by atoms with E-state index in [1.807, 2.05) is 0 Å². The Bertz CT molecular complexity index is 287. The third kappa shape index (κ3) is 0.973. The third-order valence-corrected chi connectivity index (χ3v) is 1.79. The SMILES string of the molecule is N[C@H]1COc2ccc(F)cc21. The van der Waals surface area contributed by atoms with Crippen LogP contribution in [0.25, 0.3) is 0 Å². The third-order valence-electron chi connectivity index (χ3n) is 1.79. The van der Waals surface area contributed by atoms with Gasteiger partial charge in [-0.2, -0.15) is 0 Å². The summed E-state index contributed by atoms with van der Waals surface area (Å²) in [7, 11) is 0. The topological polar surface area (TPSA) is 35.2 Å². The molecule has 58 valence electrons. The van der Waals surface area contributed by atoms with Gasteiger partial charge in [-0.3, -0.25) is 0 Å². The van der Waals surface area contributed by atoms with Gasteiger partial charge in [0.05, 0.1) is 6.04 Å². The van der Waals surface area contributed by atoms with Crippen molar-refractivity contribution >= 4 is 0 Å². The zero-order valence-electron chi connectivity index (χ0n) is 5.88. The maximum Gasteiger partial charge on any atom is 0.124 e. The van der Waals surface area contributed by atoms with Gasteiger partial charge in [0.25, 0.3) is 0 Å². The quantitative estimate of drug-likeness (QED) is 0.608. The Kier molecular flexibility index (Phi) is 1.32. The van der Waals surface area contributed by atoms with E-state index in [4.69, 9.17) is 10.5 Å². The zero-order valence-corrected chi connectivity index (χ0v) is 5.88. The summed E-state index contributed by atoms with van der Waals surface area (Å²) in [5.74, 6) is 0.448. The van der Waals surface area contributed by atoms with Crippen molar-refractivity contribution in [1.29, 1.82) is 0 Å². The van der Waals surface area contributed by atoms with Gasteiger partial charge in [0, 0.05) is 5.56 Å². The highest BCUT2D eigenvalue weighted by molar-refractivity contribution is 5.39. The first-order valence-corrected chi connectivity index (χ1v) is 3.45. The van der Waals surface area contributed by atoms with Crippen LogP contribution in [-0.4, -0.2) is 6.61 Å².